The molecule has 4 aliphatic rings. The van der Waals surface area contributed by atoms with Gasteiger partial charge in [0.05, 0.1) is 11.3 Å². The Morgan fingerprint density at radius 3 is 2.46 bits per heavy atom. The molecule has 3 amide bonds. The molecule has 0 aromatic heterocycles. The van der Waals surface area contributed by atoms with Crippen LogP contribution in [0.1, 0.15) is 47.4 Å². The number of para-hydroxylation sites is 1. The van der Waals surface area contributed by atoms with Crippen LogP contribution >= 0.6 is 11.8 Å². The number of nitrogens with zero attached hydrogens (tertiary/aromatic N) is 2. The highest BCUT2D eigenvalue weighted by Gasteiger charge is 2.57. The van der Waals surface area contributed by atoms with Gasteiger partial charge in [-0.15, -0.1) is 11.8 Å². The molecule has 48 heavy (non-hydrogen) atoms. The molecule has 0 spiro atoms. The highest BCUT2D eigenvalue weighted by molar-refractivity contribution is 8.01. The van der Waals surface area contributed by atoms with Gasteiger partial charge in [-0.3, -0.25) is 19.3 Å². The average Bonchev–Trinajstić information content (AvgIpc) is 3.45. The number of nitrogen functional groups attached to an aromatic ring is 1. The van der Waals surface area contributed by atoms with E-state index in [0.717, 1.165) is 16.0 Å². The lowest BCUT2D eigenvalue weighted by molar-refractivity contribution is -0.142. The van der Waals surface area contributed by atoms with Crippen LogP contribution in [0.2, 0.25) is 0 Å². The second kappa shape index (κ2) is 12.1. The van der Waals surface area contributed by atoms with Crippen LogP contribution in [0.25, 0.3) is 0 Å². The number of carboxylic acid groups (broad SMARTS) is 1. The SMILES string of the molecule is Cc1cc(Oc2ccccc2)ccc1C1(N)C(=O)C(N)C2c3c1ccc(N)c3SC2C(=O)NC1CCCN(C(=O)C2CCN2C(=O)O)C1. The molecule has 1 aliphatic carbocycles. The van der Waals surface area contributed by atoms with E-state index in [4.69, 9.17) is 21.9 Å². The van der Waals surface area contributed by atoms with Crippen LogP contribution in [0.4, 0.5) is 10.5 Å². The zero-order chi connectivity index (χ0) is 33.9. The van der Waals surface area contributed by atoms with Crippen LogP contribution in [-0.4, -0.2) is 81.6 Å². The number of ketones is 1. The normalized spacial score (nSPS) is 27.6. The van der Waals surface area contributed by atoms with Gasteiger partial charge in [-0.05, 0) is 78.8 Å². The summed E-state index contributed by atoms with van der Waals surface area (Å²) in [5.41, 5.74) is 21.9. The van der Waals surface area contributed by atoms with Crippen molar-refractivity contribution in [3.8, 4) is 11.5 Å². The largest absolute Gasteiger partial charge is 0.465 e. The summed E-state index contributed by atoms with van der Waals surface area (Å²) in [5, 5.41) is 11.7. The topological polar surface area (TPSA) is 194 Å². The minimum atomic E-state index is -1.58. The Labute approximate surface area is 281 Å². The molecule has 3 aromatic rings. The molecule has 7 rings (SSSR count). The molecule has 0 radical (unpaired) electrons. The number of hydrogen-bond donors (Lipinski definition) is 5. The van der Waals surface area contributed by atoms with Crippen molar-refractivity contribution in [3.05, 3.63) is 82.9 Å². The van der Waals surface area contributed by atoms with Gasteiger partial charge in [0, 0.05) is 42.2 Å². The number of anilines is 1. The zero-order valence-electron chi connectivity index (χ0n) is 26.4. The van der Waals surface area contributed by atoms with Gasteiger partial charge in [0.2, 0.25) is 11.8 Å². The van der Waals surface area contributed by atoms with Gasteiger partial charge in [0.25, 0.3) is 0 Å². The van der Waals surface area contributed by atoms with Crippen molar-refractivity contribution >= 4 is 41.1 Å². The maximum absolute atomic E-state index is 14.3. The summed E-state index contributed by atoms with van der Waals surface area (Å²) in [7, 11) is 0. The second-order valence-corrected chi connectivity index (χ2v) is 14.2. The number of likely N-dealkylation sites (tertiary alicyclic amines) is 2. The molecule has 0 saturated carbocycles. The number of nitrogens with one attached hydrogen (secondary N) is 1. The maximum atomic E-state index is 14.3. The fourth-order valence-electron chi connectivity index (χ4n) is 7.62. The third-order valence-electron chi connectivity index (χ3n) is 10.1. The molecule has 3 heterocycles. The number of piperidine rings is 1. The van der Waals surface area contributed by atoms with E-state index in [0.29, 0.717) is 65.6 Å². The molecule has 6 unspecified atom stereocenters. The molecule has 6 atom stereocenters. The Morgan fingerprint density at radius 2 is 1.77 bits per heavy atom. The van der Waals surface area contributed by atoms with Gasteiger partial charge in [-0.25, -0.2) is 4.79 Å². The first-order valence-corrected chi connectivity index (χ1v) is 17.0. The molecule has 2 saturated heterocycles. The van der Waals surface area contributed by atoms with E-state index in [1.165, 1.54) is 11.8 Å². The minimum Gasteiger partial charge on any atom is -0.465 e. The van der Waals surface area contributed by atoms with E-state index in [2.05, 4.69) is 5.32 Å². The lowest BCUT2D eigenvalue weighted by atomic mass is 9.64. The fourth-order valence-corrected chi connectivity index (χ4v) is 9.08. The molecule has 0 bridgehead atoms. The standard InChI is InChI=1S/C35H38N6O6S/c1-18-16-21(47-20-7-3-2-4-8-20)9-10-22(18)35(38)23-11-12-24(36)29-26(23)27(28(37)31(35)42)30(48-29)32(43)39-19-6-5-14-40(17-19)33(44)25-13-15-41(25)34(45)46/h2-4,7-12,16,19,25,27-28,30H,5-6,13-15,17,36-38H2,1H3,(H,39,43)(H,45,46). The number of ether oxygens (including phenoxy) is 1. The first kappa shape index (κ1) is 32.0. The van der Waals surface area contributed by atoms with Crippen molar-refractivity contribution in [2.75, 3.05) is 25.4 Å². The smallest absolute Gasteiger partial charge is 0.407 e. The molecular weight excluding hydrogens is 632 g/mol. The summed E-state index contributed by atoms with van der Waals surface area (Å²) in [4.78, 5) is 56.3. The van der Waals surface area contributed by atoms with Crippen LogP contribution in [0.15, 0.2) is 65.6 Å². The van der Waals surface area contributed by atoms with Crippen molar-refractivity contribution in [2.24, 2.45) is 11.5 Å². The van der Waals surface area contributed by atoms with E-state index >= 15 is 0 Å². The monoisotopic (exact) mass is 670 g/mol. The molecule has 13 heteroatoms. The third kappa shape index (κ3) is 5.17. The lowest BCUT2D eigenvalue weighted by Gasteiger charge is -2.43. The first-order chi connectivity index (χ1) is 23.0. The Bertz CT molecular complexity index is 1820. The number of aryl methyl sites for hydroxylation is 1. The minimum absolute atomic E-state index is 0.239. The predicted octanol–water partition coefficient (Wildman–Crippen LogP) is 2.90. The Balaban J connectivity index is 1.14. The van der Waals surface area contributed by atoms with Crippen LogP contribution in [-0.2, 0) is 19.9 Å². The van der Waals surface area contributed by atoms with E-state index in [-0.39, 0.29) is 24.4 Å². The van der Waals surface area contributed by atoms with E-state index in [1.54, 1.807) is 29.2 Å². The van der Waals surface area contributed by atoms with Crippen molar-refractivity contribution in [2.45, 2.75) is 65.9 Å². The molecule has 2 fully saturated rings. The van der Waals surface area contributed by atoms with Crippen LogP contribution in [0.5, 0.6) is 11.5 Å². The first-order valence-electron chi connectivity index (χ1n) is 16.1. The van der Waals surface area contributed by atoms with Gasteiger partial charge >= 0.3 is 6.09 Å². The molecular formula is C35H38N6O6S. The number of benzene rings is 3. The van der Waals surface area contributed by atoms with E-state index in [1.807, 2.05) is 43.3 Å². The van der Waals surface area contributed by atoms with Gasteiger partial charge in [0.1, 0.15) is 23.1 Å². The second-order valence-electron chi connectivity index (χ2n) is 13.0. The number of nitrogens with two attached hydrogens (primary N) is 3. The number of thioether (sulfide) groups is 1. The number of carbonyl (C=O) groups is 4. The van der Waals surface area contributed by atoms with Gasteiger partial charge in [0.15, 0.2) is 5.78 Å². The van der Waals surface area contributed by atoms with Crippen molar-refractivity contribution in [1.29, 1.82) is 0 Å². The van der Waals surface area contributed by atoms with E-state index < -0.39 is 40.7 Å². The van der Waals surface area contributed by atoms with Crippen LogP contribution < -0.4 is 27.3 Å². The quantitative estimate of drug-likeness (QED) is 0.244. The number of amides is 3. The van der Waals surface area contributed by atoms with Gasteiger partial charge in [-0.2, -0.15) is 0 Å². The Hall–Kier alpha value is -4.59. The predicted molar refractivity (Wildman–Crippen MR) is 180 cm³/mol. The summed E-state index contributed by atoms with van der Waals surface area (Å²) in [6.07, 6.45) is 0.700. The lowest BCUT2D eigenvalue weighted by Crippen LogP contribution is -2.62. The fraction of sp³-hybridized carbons (Fsp3) is 0.371. The van der Waals surface area contributed by atoms with Gasteiger partial charge < -0.3 is 37.3 Å². The third-order valence-corrected chi connectivity index (χ3v) is 11.6. The Kier molecular flexibility index (Phi) is 8.09. The molecule has 250 valence electrons. The van der Waals surface area contributed by atoms with Crippen molar-refractivity contribution in [3.63, 3.8) is 0 Å². The molecule has 3 aliphatic heterocycles. The maximum Gasteiger partial charge on any atom is 0.407 e. The van der Waals surface area contributed by atoms with Crippen LogP contribution in [0.3, 0.4) is 0 Å². The number of rotatable bonds is 6. The summed E-state index contributed by atoms with van der Waals surface area (Å²) >= 11 is 1.29. The molecule has 12 nitrogen and oxygen atoms in total. The summed E-state index contributed by atoms with van der Waals surface area (Å²) < 4.78 is 6.01. The number of Topliss-reactive ketones (excluding diaryl/α,β-unsaturated/α-hetero) is 1. The molecule has 8 N–H and O–H groups in total. The molecule has 3 aromatic carbocycles. The highest BCUT2D eigenvalue weighted by Crippen LogP contribution is 2.56. The Morgan fingerprint density at radius 1 is 1.02 bits per heavy atom. The zero-order valence-corrected chi connectivity index (χ0v) is 27.2. The number of carbonyl (C=O) groups excluding carboxylic acids is 3. The summed E-state index contributed by atoms with van der Waals surface area (Å²) in [6, 6.07) is 16.2. The van der Waals surface area contributed by atoms with E-state index in [9.17, 15) is 24.3 Å². The van der Waals surface area contributed by atoms with Crippen LogP contribution in [0, 0.1) is 6.92 Å². The van der Waals surface area contributed by atoms with Gasteiger partial charge in [-0.1, -0.05) is 30.3 Å². The summed E-state index contributed by atoms with van der Waals surface area (Å²) in [5.74, 6) is -0.312. The summed E-state index contributed by atoms with van der Waals surface area (Å²) in [6.45, 7) is 2.98. The highest BCUT2D eigenvalue weighted by atomic mass is 32.2. The number of hydrogen-bond acceptors (Lipinski definition) is 9. The van der Waals surface area contributed by atoms with Crippen molar-refractivity contribution < 1.29 is 29.0 Å². The van der Waals surface area contributed by atoms with Crippen molar-refractivity contribution in [1.82, 2.24) is 15.1 Å². The average molecular weight is 671 g/mol.